The molecule has 1 fully saturated rings. The van der Waals surface area contributed by atoms with Gasteiger partial charge in [-0.1, -0.05) is 12.8 Å². The monoisotopic (exact) mass is 258 g/mol. The highest BCUT2D eigenvalue weighted by atomic mass is 16.4. The van der Waals surface area contributed by atoms with Crippen LogP contribution in [-0.4, -0.2) is 52.3 Å². The Kier molecular flexibility index (Phi) is 5.91. The van der Waals surface area contributed by atoms with Gasteiger partial charge in [-0.05, 0) is 19.8 Å². The van der Waals surface area contributed by atoms with Crippen LogP contribution in [0.5, 0.6) is 0 Å². The number of carbonyl (C=O) groups is 2. The molecule has 1 rings (SSSR count). The number of amides is 2. The third kappa shape index (κ3) is 3.87. The molecule has 0 aliphatic heterocycles. The molecule has 2 amide bonds. The topological polar surface area (TPSA) is 89.9 Å². The summed E-state index contributed by atoms with van der Waals surface area (Å²) in [5.41, 5.74) is 0. The van der Waals surface area contributed by atoms with E-state index in [1.54, 1.807) is 4.90 Å². The maximum Gasteiger partial charge on any atom is 0.326 e. The minimum atomic E-state index is -1.11. The lowest BCUT2D eigenvalue weighted by molar-refractivity contribution is -0.139. The molecule has 3 N–H and O–H groups in total. The molecule has 0 aromatic carbocycles. The maximum absolute atomic E-state index is 12.0. The Labute approximate surface area is 107 Å². The molecule has 0 bridgehead atoms. The fourth-order valence-electron chi connectivity index (χ4n) is 2.40. The summed E-state index contributed by atoms with van der Waals surface area (Å²) in [6.45, 7) is 2.20. The van der Waals surface area contributed by atoms with E-state index in [-0.39, 0.29) is 25.1 Å². The second-order valence-electron chi connectivity index (χ2n) is 4.58. The van der Waals surface area contributed by atoms with Crippen LogP contribution in [0.2, 0.25) is 0 Å². The van der Waals surface area contributed by atoms with Gasteiger partial charge in [0.15, 0.2) is 0 Å². The van der Waals surface area contributed by atoms with Crippen molar-refractivity contribution in [2.45, 2.75) is 51.1 Å². The number of hydrogen-bond donors (Lipinski definition) is 3. The van der Waals surface area contributed by atoms with Gasteiger partial charge in [-0.25, -0.2) is 9.59 Å². The summed E-state index contributed by atoms with van der Waals surface area (Å²) < 4.78 is 0. The third-order valence-electron chi connectivity index (χ3n) is 3.38. The van der Waals surface area contributed by atoms with Gasteiger partial charge in [0.2, 0.25) is 0 Å². The van der Waals surface area contributed by atoms with Crippen LogP contribution in [-0.2, 0) is 4.79 Å². The minimum Gasteiger partial charge on any atom is -0.480 e. The molecule has 6 nitrogen and oxygen atoms in total. The molecule has 104 valence electrons. The van der Waals surface area contributed by atoms with Crippen LogP contribution in [0.1, 0.15) is 39.0 Å². The zero-order valence-electron chi connectivity index (χ0n) is 10.8. The van der Waals surface area contributed by atoms with E-state index in [1.165, 1.54) is 0 Å². The number of carboxylic acid groups (broad SMARTS) is 1. The first-order valence-electron chi connectivity index (χ1n) is 6.51. The number of urea groups is 1. The number of aliphatic carboxylic acids is 1. The molecule has 0 saturated heterocycles. The van der Waals surface area contributed by atoms with Gasteiger partial charge in [0.05, 0.1) is 0 Å². The summed E-state index contributed by atoms with van der Waals surface area (Å²) in [7, 11) is 0. The van der Waals surface area contributed by atoms with Crippen molar-refractivity contribution in [1.82, 2.24) is 10.2 Å². The summed E-state index contributed by atoms with van der Waals surface area (Å²) in [4.78, 5) is 24.6. The van der Waals surface area contributed by atoms with Crippen LogP contribution in [0.15, 0.2) is 0 Å². The van der Waals surface area contributed by atoms with Crippen LogP contribution < -0.4 is 5.32 Å². The summed E-state index contributed by atoms with van der Waals surface area (Å²) >= 11 is 0. The number of hydrogen-bond acceptors (Lipinski definition) is 3. The van der Waals surface area contributed by atoms with E-state index in [0.717, 1.165) is 25.7 Å². The Morgan fingerprint density at radius 1 is 1.39 bits per heavy atom. The minimum absolute atomic E-state index is 0.0310. The zero-order valence-corrected chi connectivity index (χ0v) is 10.8. The molecular weight excluding hydrogens is 236 g/mol. The number of carboxylic acids is 1. The smallest absolute Gasteiger partial charge is 0.326 e. The predicted molar refractivity (Wildman–Crippen MR) is 66.3 cm³/mol. The number of carbonyl (C=O) groups excluding carboxylic acids is 1. The molecule has 1 saturated carbocycles. The van der Waals surface area contributed by atoms with E-state index < -0.39 is 12.0 Å². The molecule has 1 atom stereocenters. The molecule has 0 spiro atoms. The van der Waals surface area contributed by atoms with Gasteiger partial charge in [-0.3, -0.25) is 0 Å². The summed E-state index contributed by atoms with van der Waals surface area (Å²) in [5.74, 6) is -1.11. The first-order chi connectivity index (χ1) is 8.60. The van der Waals surface area contributed by atoms with Crippen LogP contribution in [0.3, 0.4) is 0 Å². The van der Waals surface area contributed by atoms with E-state index in [0.29, 0.717) is 6.54 Å². The average molecular weight is 258 g/mol. The largest absolute Gasteiger partial charge is 0.480 e. The second kappa shape index (κ2) is 7.20. The van der Waals surface area contributed by atoms with Gasteiger partial charge in [-0.15, -0.1) is 0 Å². The summed E-state index contributed by atoms with van der Waals surface area (Å²) in [5, 5.41) is 20.2. The fourth-order valence-corrected chi connectivity index (χ4v) is 2.40. The van der Waals surface area contributed by atoms with Gasteiger partial charge in [0.25, 0.3) is 0 Å². The van der Waals surface area contributed by atoms with Crippen molar-refractivity contribution in [3.63, 3.8) is 0 Å². The SMILES string of the molecule is CCN(C(=O)NC(CCO)C(=O)O)C1CCCC1. The van der Waals surface area contributed by atoms with E-state index >= 15 is 0 Å². The zero-order chi connectivity index (χ0) is 13.5. The summed E-state index contributed by atoms with van der Waals surface area (Å²) in [6.07, 6.45) is 4.24. The third-order valence-corrected chi connectivity index (χ3v) is 3.38. The molecule has 1 unspecified atom stereocenters. The molecule has 1 aliphatic rings. The van der Waals surface area contributed by atoms with E-state index in [4.69, 9.17) is 10.2 Å². The molecule has 6 heteroatoms. The molecule has 0 radical (unpaired) electrons. The Hall–Kier alpha value is -1.30. The molecule has 1 aliphatic carbocycles. The molecule has 18 heavy (non-hydrogen) atoms. The number of nitrogens with zero attached hydrogens (tertiary/aromatic N) is 1. The highest BCUT2D eigenvalue weighted by Gasteiger charge is 2.28. The lowest BCUT2D eigenvalue weighted by Gasteiger charge is -2.29. The molecule has 0 heterocycles. The number of nitrogens with one attached hydrogen (secondary N) is 1. The number of aliphatic hydroxyl groups is 1. The van der Waals surface area contributed by atoms with Gasteiger partial charge in [-0.2, -0.15) is 0 Å². The first-order valence-corrected chi connectivity index (χ1v) is 6.51. The van der Waals surface area contributed by atoms with Crippen LogP contribution >= 0.6 is 0 Å². The van der Waals surface area contributed by atoms with E-state index in [9.17, 15) is 9.59 Å². The van der Waals surface area contributed by atoms with Crippen molar-refractivity contribution < 1.29 is 19.8 Å². The van der Waals surface area contributed by atoms with Crippen LogP contribution in [0, 0.1) is 0 Å². The quantitative estimate of drug-likeness (QED) is 0.657. The molecule has 0 aromatic rings. The molecule has 0 aromatic heterocycles. The van der Waals surface area contributed by atoms with Gasteiger partial charge < -0.3 is 20.4 Å². The lowest BCUT2D eigenvalue weighted by atomic mass is 10.2. The predicted octanol–water partition coefficient (Wildman–Crippen LogP) is 0.796. The summed E-state index contributed by atoms with van der Waals surface area (Å²) in [6, 6.07) is -1.14. The van der Waals surface area contributed by atoms with Gasteiger partial charge in [0, 0.05) is 25.6 Å². The average Bonchev–Trinajstić information content (AvgIpc) is 2.83. The first kappa shape index (κ1) is 14.8. The van der Waals surface area contributed by atoms with E-state index in [2.05, 4.69) is 5.32 Å². The lowest BCUT2D eigenvalue weighted by Crippen LogP contribution is -2.51. The highest BCUT2D eigenvalue weighted by Crippen LogP contribution is 2.23. The van der Waals surface area contributed by atoms with Crippen molar-refractivity contribution in [2.75, 3.05) is 13.2 Å². The second-order valence-corrected chi connectivity index (χ2v) is 4.58. The van der Waals surface area contributed by atoms with E-state index in [1.807, 2.05) is 6.92 Å². The van der Waals surface area contributed by atoms with Crippen LogP contribution in [0.4, 0.5) is 4.79 Å². The van der Waals surface area contributed by atoms with Crippen molar-refractivity contribution in [1.29, 1.82) is 0 Å². The highest BCUT2D eigenvalue weighted by molar-refractivity contribution is 5.82. The Morgan fingerprint density at radius 3 is 2.44 bits per heavy atom. The van der Waals surface area contributed by atoms with Crippen molar-refractivity contribution in [3.8, 4) is 0 Å². The van der Waals surface area contributed by atoms with Crippen molar-refractivity contribution in [3.05, 3.63) is 0 Å². The van der Waals surface area contributed by atoms with Gasteiger partial charge >= 0.3 is 12.0 Å². The normalized spacial score (nSPS) is 17.4. The Bertz CT molecular complexity index is 290. The van der Waals surface area contributed by atoms with Crippen LogP contribution in [0.25, 0.3) is 0 Å². The number of aliphatic hydroxyl groups excluding tert-OH is 1. The van der Waals surface area contributed by atoms with Crippen molar-refractivity contribution >= 4 is 12.0 Å². The van der Waals surface area contributed by atoms with Gasteiger partial charge in [0.1, 0.15) is 6.04 Å². The molecular formula is C12H22N2O4. The van der Waals surface area contributed by atoms with Crippen molar-refractivity contribution in [2.24, 2.45) is 0 Å². The maximum atomic E-state index is 12.0. The fraction of sp³-hybridized carbons (Fsp3) is 0.833. The Balaban J connectivity index is 2.57. The standard InChI is InChI=1S/C12H22N2O4/c1-2-14(9-5-3-4-6-9)12(18)13-10(7-8-15)11(16)17/h9-10,15H,2-8H2,1H3,(H,13,18)(H,16,17). The number of rotatable bonds is 6. The Morgan fingerprint density at radius 2 is 2.00 bits per heavy atom.